The zero-order valence-corrected chi connectivity index (χ0v) is 11.9. The van der Waals surface area contributed by atoms with Crippen LogP contribution in [0.2, 0.25) is 0 Å². The van der Waals surface area contributed by atoms with Gasteiger partial charge in [0, 0.05) is 19.5 Å². The van der Waals surface area contributed by atoms with Crippen LogP contribution in [0.1, 0.15) is 46.5 Å². The Kier molecular flexibility index (Phi) is 5.60. The number of aliphatic hydroxyl groups is 1. The highest BCUT2D eigenvalue weighted by molar-refractivity contribution is 5.66. The standard InChI is InChI=1S/C14H27NO3/c1-11(2)14(3,18)10-15-8-4-5-12(9-15)6-7-13(16)17/h11-12,18H,4-10H2,1-3H3,(H,16,17). The lowest BCUT2D eigenvalue weighted by Gasteiger charge is -2.39. The van der Waals surface area contributed by atoms with Crippen molar-refractivity contribution in [2.24, 2.45) is 11.8 Å². The molecule has 1 heterocycles. The molecule has 18 heavy (non-hydrogen) atoms. The quantitative estimate of drug-likeness (QED) is 0.763. The fourth-order valence-corrected chi connectivity index (χ4v) is 2.49. The second-order valence-electron chi connectivity index (χ2n) is 6.19. The molecule has 0 aromatic carbocycles. The Morgan fingerprint density at radius 3 is 2.72 bits per heavy atom. The van der Waals surface area contributed by atoms with E-state index in [1.165, 1.54) is 0 Å². The van der Waals surface area contributed by atoms with Crippen LogP contribution in [0.4, 0.5) is 0 Å². The van der Waals surface area contributed by atoms with E-state index in [2.05, 4.69) is 4.90 Å². The van der Waals surface area contributed by atoms with Crippen LogP contribution in [0.3, 0.4) is 0 Å². The molecule has 4 heteroatoms. The van der Waals surface area contributed by atoms with Crippen molar-refractivity contribution in [1.82, 2.24) is 4.90 Å². The van der Waals surface area contributed by atoms with Gasteiger partial charge in [-0.25, -0.2) is 0 Å². The first-order valence-electron chi connectivity index (χ1n) is 6.98. The summed E-state index contributed by atoms with van der Waals surface area (Å²) in [6, 6.07) is 0. The first-order valence-corrected chi connectivity index (χ1v) is 6.98. The summed E-state index contributed by atoms with van der Waals surface area (Å²) < 4.78 is 0. The van der Waals surface area contributed by atoms with E-state index in [4.69, 9.17) is 5.11 Å². The Hall–Kier alpha value is -0.610. The summed E-state index contributed by atoms with van der Waals surface area (Å²) >= 11 is 0. The molecule has 2 N–H and O–H groups in total. The van der Waals surface area contributed by atoms with Crippen molar-refractivity contribution in [2.75, 3.05) is 19.6 Å². The Morgan fingerprint density at radius 2 is 2.17 bits per heavy atom. The van der Waals surface area contributed by atoms with E-state index in [1.807, 2.05) is 20.8 Å². The molecule has 2 unspecified atom stereocenters. The minimum absolute atomic E-state index is 0.233. The van der Waals surface area contributed by atoms with Gasteiger partial charge in [0.15, 0.2) is 0 Å². The number of aliphatic carboxylic acids is 1. The lowest BCUT2D eigenvalue weighted by molar-refractivity contribution is -0.137. The van der Waals surface area contributed by atoms with Crippen molar-refractivity contribution in [3.63, 3.8) is 0 Å². The van der Waals surface area contributed by atoms with Crippen LogP contribution in [0, 0.1) is 11.8 Å². The number of β-amino-alcohol motifs (C(OH)–C–C–N with tert-alkyl or cyclic N) is 1. The zero-order chi connectivity index (χ0) is 13.8. The van der Waals surface area contributed by atoms with Gasteiger partial charge in [-0.2, -0.15) is 0 Å². The summed E-state index contributed by atoms with van der Waals surface area (Å²) in [4.78, 5) is 12.9. The van der Waals surface area contributed by atoms with Gasteiger partial charge in [0.05, 0.1) is 5.60 Å². The number of hydrogen-bond donors (Lipinski definition) is 2. The van der Waals surface area contributed by atoms with Crippen LogP contribution in [0.5, 0.6) is 0 Å². The van der Waals surface area contributed by atoms with Crippen LogP contribution >= 0.6 is 0 Å². The molecule has 0 spiro atoms. The number of likely N-dealkylation sites (tertiary alicyclic amines) is 1. The van der Waals surface area contributed by atoms with Gasteiger partial charge in [-0.1, -0.05) is 13.8 Å². The third kappa shape index (κ3) is 4.94. The topological polar surface area (TPSA) is 60.8 Å². The normalized spacial score (nSPS) is 25.1. The average molecular weight is 257 g/mol. The van der Waals surface area contributed by atoms with E-state index in [-0.39, 0.29) is 12.3 Å². The van der Waals surface area contributed by atoms with Crippen molar-refractivity contribution in [3.8, 4) is 0 Å². The Bertz CT molecular complexity index is 276. The molecule has 1 aliphatic heterocycles. The highest BCUT2D eigenvalue weighted by atomic mass is 16.4. The molecule has 106 valence electrons. The lowest BCUT2D eigenvalue weighted by atomic mass is 9.89. The molecule has 0 radical (unpaired) electrons. The van der Waals surface area contributed by atoms with Crippen molar-refractivity contribution in [2.45, 2.75) is 52.1 Å². The second-order valence-corrected chi connectivity index (χ2v) is 6.19. The summed E-state index contributed by atoms with van der Waals surface area (Å²) in [5.74, 6) is -0.00370. The van der Waals surface area contributed by atoms with Crippen LogP contribution in [-0.4, -0.2) is 46.3 Å². The maximum Gasteiger partial charge on any atom is 0.303 e. The van der Waals surface area contributed by atoms with Crippen molar-refractivity contribution >= 4 is 5.97 Å². The first kappa shape index (κ1) is 15.4. The van der Waals surface area contributed by atoms with Crippen molar-refractivity contribution in [3.05, 3.63) is 0 Å². The molecule has 2 atom stereocenters. The fraction of sp³-hybridized carbons (Fsp3) is 0.929. The maximum atomic E-state index is 10.6. The molecule has 1 aliphatic rings. The Morgan fingerprint density at radius 1 is 1.50 bits per heavy atom. The average Bonchev–Trinajstić information content (AvgIpc) is 2.26. The van der Waals surface area contributed by atoms with E-state index in [1.54, 1.807) is 0 Å². The van der Waals surface area contributed by atoms with E-state index in [0.717, 1.165) is 32.4 Å². The number of rotatable bonds is 6. The number of nitrogens with zero attached hydrogens (tertiary/aromatic N) is 1. The van der Waals surface area contributed by atoms with Gasteiger partial charge in [-0.3, -0.25) is 4.79 Å². The fourth-order valence-electron chi connectivity index (χ4n) is 2.49. The molecule has 1 rings (SSSR count). The van der Waals surface area contributed by atoms with Gasteiger partial charge in [0.1, 0.15) is 0 Å². The van der Waals surface area contributed by atoms with Crippen molar-refractivity contribution < 1.29 is 15.0 Å². The largest absolute Gasteiger partial charge is 0.481 e. The van der Waals surface area contributed by atoms with Gasteiger partial charge in [0.2, 0.25) is 0 Å². The van der Waals surface area contributed by atoms with E-state index in [9.17, 15) is 9.90 Å². The number of carboxylic acids is 1. The summed E-state index contributed by atoms with van der Waals surface area (Å²) in [6.07, 6.45) is 3.25. The van der Waals surface area contributed by atoms with Gasteiger partial charge < -0.3 is 15.1 Å². The van der Waals surface area contributed by atoms with Gasteiger partial charge in [-0.05, 0) is 44.6 Å². The Labute approximate surface area is 110 Å². The molecule has 0 amide bonds. The first-order chi connectivity index (χ1) is 8.31. The van der Waals surface area contributed by atoms with Crippen LogP contribution in [0.25, 0.3) is 0 Å². The molecule has 1 fully saturated rings. The van der Waals surface area contributed by atoms with E-state index >= 15 is 0 Å². The van der Waals surface area contributed by atoms with Crippen LogP contribution < -0.4 is 0 Å². The van der Waals surface area contributed by atoms with Crippen molar-refractivity contribution in [1.29, 1.82) is 0 Å². The molecule has 0 aliphatic carbocycles. The number of hydrogen-bond acceptors (Lipinski definition) is 3. The third-order valence-electron chi connectivity index (χ3n) is 4.16. The summed E-state index contributed by atoms with van der Waals surface area (Å²) in [6.45, 7) is 8.59. The summed E-state index contributed by atoms with van der Waals surface area (Å²) in [5.41, 5.74) is -0.658. The minimum Gasteiger partial charge on any atom is -0.481 e. The van der Waals surface area contributed by atoms with Gasteiger partial charge in [0.25, 0.3) is 0 Å². The SMILES string of the molecule is CC(C)C(C)(O)CN1CCCC(CCC(=O)O)C1. The third-order valence-corrected chi connectivity index (χ3v) is 4.16. The monoisotopic (exact) mass is 257 g/mol. The molecular formula is C14H27NO3. The molecule has 0 saturated carbocycles. The predicted octanol–water partition coefficient (Wildman–Crippen LogP) is 1.97. The minimum atomic E-state index is -0.707. The zero-order valence-electron chi connectivity index (χ0n) is 11.9. The number of carbonyl (C=O) groups is 1. The molecule has 0 aromatic rings. The molecule has 1 saturated heterocycles. The Balaban J connectivity index is 2.41. The number of carboxylic acid groups (broad SMARTS) is 1. The van der Waals surface area contributed by atoms with E-state index in [0.29, 0.717) is 12.5 Å². The van der Waals surface area contributed by atoms with Crippen LogP contribution in [0.15, 0.2) is 0 Å². The lowest BCUT2D eigenvalue weighted by Crippen LogP contribution is -2.48. The smallest absolute Gasteiger partial charge is 0.303 e. The van der Waals surface area contributed by atoms with Crippen LogP contribution in [-0.2, 0) is 4.79 Å². The molecular weight excluding hydrogens is 230 g/mol. The highest BCUT2D eigenvalue weighted by Crippen LogP contribution is 2.24. The maximum absolute atomic E-state index is 10.6. The summed E-state index contributed by atoms with van der Waals surface area (Å²) in [5, 5.41) is 19.0. The van der Waals surface area contributed by atoms with Gasteiger partial charge >= 0.3 is 5.97 Å². The molecule has 4 nitrogen and oxygen atoms in total. The van der Waals surface area contributed by atoms with E-state index < -0.39 is 11.6 Å². The molecule has 0 bridgehead atoms. The summed E-state index contributed by atoms with van der Waals surface area (Å²) in [7, 11) is 0. The second kappa shape index (κ2) is 6.53. The molecule has 0 aromatic heterocycles. The highest BCUT2D eigenvalue weighted by Gasteiger charge is 2.30. The number of piperidine rings is 1. The van der Waals surface area contributed by atoms with Gasteiger partial charge in [-0.15, -0.1) is 0 Å². The predicted molar refractivity (Wildman–Crippen MR) is 71.5 cm³/mol.